The van der Waals surface area contributed by atoms with Gasteiger partial charge >= 0.3 is 0 Å². The van der Waals surface area contributed by atoms with E-state index in [2.05, 4.69) is 26.0 Å². The van der Waals surface area contributed by atoms with Gasteiger partial charge in [-0.25, -0.2) is 9.50 Å². The van der Waals surface area contributed by atoms with E-state index in [1.54, 1.807) is 28.8 Å². The van der Waals surface area contributed by atoms with Gasteiger partial charge in [0.2, 0.25) is 0 Å². The Morgan fingerprint density at radius 1 is 1.39 bits per heavy atom. The number of fused-ring (bicyclic) bond motifs is 3. The van der Waals surface area contributed by atoms with Crippen LogP contribution in [0.5, 0.6) is 5.75 Å². The molecule has 0 aliphatic rings. The molecular weight excluding hydrogens is 364 g/mol. The number of benzene rings is 1. The lowest BCUT2D eigenvalue weighted by Gasteiger charge is -1.99. The van der Waals surface area contributed by atoms with Crippen molar-refractivity contribution >= 4 is 38.5 Å². The van der Waals surface area contributed by atoms with Gasteiger partial charge in [0.15, 0.2) is 16.1 Å². The molecule has 116 valence electrons. The molecule has 7 nitrogen and oxygen atoms in total. The number of halogens is 1. The molecule has 0 fully saturated rings. The second-order valence-electron chi connectivity index (χ2n) is 5.20. The highest BCUT2D eigenvalue weighted by Gasteiger charge is 2.24. The highest BCUT2D eigenvalue weighted by atomic mass is 79.9. The van der Waals surface area contributed by atoms with Gasteiger partial charge in [-0.3, -0.25) is 9.89 Å². The Balaban J connectivity index is 2.16. The fourth-order valence-electron chi connectivity index (χ4n) is 2.74. The normalized spacial score (nSPS) is 11.6. The number of phenolic OH excluding ortho intramolecular Hbond substituents is 1. The van der Waals surface area contributed by atoms with Crippen LogP contribution in [0.15, 0.2) is 33.4 Å². The molecule has 4 N–H and O–H groups in total. The van der Waals surface area contributed by atoms with Gasteiger partial charge in [0.05, 0.1) is 5.52 Å². The van der Waals surface area contributed by atoms with E-state index in [1.807, 2.05) is 6.92 Å². The zero-order valence-electron chi connectivity index (χ0n) is 11.9. The summed E-state index contributed by atoms with van der Waals surface area (Å²) in [5.74, 6) is -0.131. The molecule has 1 aromatic carbocycles. The van der Waals surface area contributed by atoms with E-state index in [9.17, 15) is 9.90 Å². The number of nitrogens with zero attached hydrogens (tertiary/aromatic N) is 2. The third kappa shape index (κ3) is 1.88. The Hall–Kier alpha value is -2.74. The molecule has 4 rings (SSSR count). The number of aromatic nitrogens is 3. The fourth-order valence-corrected chi connectivity index (χ4v) is 3.05. The Bertz CT molecular complexity index is 1090. The zero-order valence-corrected chi connectivity index (χ0v) is 13.5. The van der Waals surface area contributed by atoms with Crippen LogP contribution in [0.25, 0.3) is 28.1 Å². The summed E-state index contributed by atoms with van der Waals surface area (Å²) in [5, 5.41) is 13.1. The van der Waals surface area contributed by atoms with Gasteiger partial charge in [0.1, 0.15) is 22.5 Å². The fraction of sp³-hybridized carbons (Fsp3) is 0.0667. The molecule has 0 saturated heterocycles. The van der Waals surface area contributed by atoms with Crippen molar-refractivity contribution in [3.05, 3.63) is 40.1 Å². The maximum absolute atomic E-state index is 12.0. The number of amides is 1. The maximum Gasteiger partial charge on any atom is 0.254 e. The summed E-state index contributed by atoms with van der Waals surface area (Å²) in [6.45, 7) is 1.89. The number of carbonyl (C=O) groups excluding carboxylic acids is 1. The number of nitrogens with two attached hydrogens (primary N) is 1. The van der Waals surface area contributed by atoms with E-state index in [-0.39, 0.29) is 11.3 Å². The number of H-pyrrole nitrogens is 1. The van der Waals surface area contributed by atoms with Crippen molar-refractivity contribution in [3.8, 4) is 17.2 Å². The van der Waals surface area contributed by atoms with Crippen molar-refractivity contribution in [2.45, 2.75) is 6.92 Å². The molecule has 0 aliphatic heterocycles. The zero-order chi connectivity index (χ0) is 16.3. The third-order valence-electron chi connectivity index (χ3n) is 3.75. The number of primary amides is 1. The second-order valence-corrected chi connectivity index (χ2v) is 5.98. The molecule has 23 heavy (non-hydrogen) atoms. The largest absolute Gasteiger partial charge is 0.506 e. The number of imidazole rings is 1. The van der Waals surface area contributed by atoms with E-state index < -0.39 is 5.91 Å². The molecular formula is C15H11BrN4O3. The van der Waals surface area contributed by atoms with Gasteiger partial charge in [0, 0.05) is 0 Å². The number of nitrogens with one attached hydrogen (secondary N) is 1. The number of phenols is 1. The van der Waals surface area contributed by atoms with Crippen LogP contribution < -0.4 is 5.73 Å². The monoisotopic (exact) mass is 374 g/mol. The van der Waals surface area contributed by atoms with Crippen molar-refractivity contribution in [2.24, 2.45) is 5.73 Å². The molecule has 8 heteroatoms. The second kappa shape index (κ2) is 4.63. The van der Waals surface area contributed by atoms with E-state index in [1.165, 1.54) is 0 Å². The smallest absolute Gasteiger partial charge is 0.254 e. The molecule has 1 amide bonds. The van der Waals surface area contributed by atoms with Crippen LogP contribution in [-0.2, 0) is 0 Å². The molecule has 0 aliphatic carbocycles. The first-order valence-corrected chi connectivity index (χ1v) is 7.55. The topological polar surface area (TPSA) is 110 Å². The Labute approximate surface area is 137 Å². The van der Waals surface area contributed by atoms with Crippen LogP contribution in [0.1, 0.15) is 15.9 Å². The standard InChI is InChI=1S/C15H11BrN4O3/c1-6-2-3-7(21)11-13(6)20-15(18-11)10(14(17)22)12(19-20)8-4-5-9(16)23-8/h2-5,19,21H,1H3,(H2,17,22). The van der Waals surface area contributed by atoms with Crippen molar-refractivity contribution < 1.29 is 14.3 Å². The summed E-state index contributed by atoms with van der Waals surface area (Å²) < 4.78 is 7.68. The van der Waals surface area contributed by atoms with Crippen molar-refractivity contribution in [1.29, 1.82) is 0 Å². The number of furan rings is 1. The van der Waals surface area contributed by atoms with Gasteiger partial charge in [-0.15, -0.1) is 0 Å². The lowest BCUT2D eigenvalue weighted by Crippen LogP contribution is -2.11. The van der Waals surface area contributed by atoms with Gasteiger partial charge < -0.3 is 15.3 Å². The molecule has 0 spiro atoms. The Morgan fingerprint density at radius 2 is 2.17 bits per heavy atom. The Kier molecular flexibility index (Phi) is 2.79. The first-order valence-electron chi connectivity index (χ1n) is 6.75. The van der Waals surface area contributed by atoms with E-state index in [0.29, 0.717) is 32.8 Å². The first-order chi connectivity index (χ1) is 11.0. The van der Waals surface area contributed by atoms with Crippen molar-refractivity contribution in [2.75, 3.05) is 0 Å². The Morgan fingerprint density at radius 3 is 2.83 bits per heavy atom. The van der Waals surface area contributed by atoms with Crippen molar-refractivity contribution in [1.82, 2.24) is 14.6 Å². The van der Waals surface area contributed by atoms with Crippen LogP contribution in [0.3, 0.4) is 0 Å². The quantitative estimate of drug-likeness (QED) is 0.500. The maximum atomic E-state index is 12.0. The van der Waals surface area contributed by atoms with Crippen LogP contribution >= 0.6 is 15.9 Å². The van der Waals surface area contributed by atoms with E-state index >= 15 is 0 Å². The molecule has 0 unspecified atom stereocenters. The van der Waals surface area contributed by atoms with Crippen LogP contribution in [0.4, 0.5) is 0 Å². The average molecular weight is 375 g/mol. The number of hydrogen-bond acceptors (Lipinski definition) is 4. The highest BCUT2D eigenvalue weighted by Crippen LogP contribution is 2.34. The highest BCUT2D eigenvalue weighted by molar-refractivity contribution is 9.10. The molecule has 4 aromatic rings. The van der Waals surface area contributed by atoms with E-state index in [0.717, 1.165) is 5.56 Å². The minimum absolute atomic E-state index is 0.0420. The lowest BCUT2D eigenvalue weighted by molar-refractivity contribution is 0.100. The summed E-state index contributed by atoms with van der Waals surface area (Å²) in [5.41, 5.74) is 8.52. The van der Waals surface area contributed by atoms with Crippen LogP contribution in [0.2, 0.25) is 0 Å². The number of carbonyl (C=O) groups is 1. The molecule has 0 saturated carbocycles. The van der Waals surface area contributed by atoms with Crippen LogP contribution in [-0.4, -0.2) is 25.6 Å². The minimum atomic E-state index is -0.633. The van der Waals surface area contributed by atoms with Gasteiger partial charge in [-0.2, -0.15) is 0 Å². The number of aromatic amines is 1. The molecule has 0 radical (unpaired) electrons. The summed E-state index contributed by atoms with van der Waals surface area (Å²) in [7, 11) is 0. The number of rotatable bonds is 2. The van der Waals surface area contributed by atoms with Crippen LogP contribution in [0, 0.1) is 6.92 Å². The first kappa shape index (κ1) is 13.9. The minimum Gasteiger partial charge on any atom is -0.506 e. The summed E-state index contributed by atoms with van der Waals surface area (Å²) in [4.78, 5) is 16.3. The van der Waals surface area contributed by atoms with Gasteiger partial charge in [0.25, 0.3) is 5.91 Å². The van der Waals surface area contributed by atoms with Crippen molar-refractivity contribution in [3.63, 3.8) is 0 Å². The molecule has 0 bridgehead atoms. The predicted molar refractivity (Wildman–Crippen MR) is 87.4 cm³/mol. The summed E-state index contributed by atoms with van der Waals surface area (Å²) in [6, 6.07) is 6.78. The predicted octanol–water partition coefficient (Wildman–Crippen LogP) is 2.95. The molecule has 3 aromatic heterocycles. The average Bonchev–Trinajstić information content (AvgIpc) is 3.14. The van der Waals surface area contributed by atoms with E-state index in [4.69, 9.17) is 10.2 Å². The number of aromatic hydroxyl groups is 1. The lowest BCUT2D eigenvalue weighted by atomic mass is 10.2. The third-order valence-corrected chi connectivity index (χ3v) is 4.17. The summed E-state index contributed by atoms with van der Waals surface area (Å²) in [6.07, 6.45) is 0. The summed E-state index contributed by atoms with van der Waals surface area (Å²) >= 11 is 3.23. The SMILES string of the molecule is Cc1ccc(O)c2nc3c(C(N)=O)c(-c4ccc(Br)o4)[nH]n3c12. The molecule has 3 heterocycles. The number of hydrogen-bond donors (Lipinski definition) is 3. The number of aryl methyl sites for hydroxylation is 1. The van der Waals surface area contributed by atoms with Gasteiger partial charge in [-0.05, 0) is 46.6 Å². The van der Waals surface area contributed by atoms with Gasteiger partial charge in [-0.1, -0.05) is 6.07 Å². The molecule has 0 atom stereocenters.